The summed E-state index contributed by atoms with van der Waals surface area (Å²) in [6.07, 6.45) is 0. The number of carbonyl (C=O) groups excluding carboxylic acids is 1. The van der Waals surface area contributed by atoms with Crippen molar-refractivity contribution in [3.8, 4) is 0 Å². The zero-order chi connectivity index (χ0) is 14.1. The fourth-order valence-corrected chi connectivity index (χ4v) is 2.95. The van der Waals surface area contributed by atoms with Crippen LogP contribution in [0.4, 0.5) is 0 Å². The highest BCUT2D eigenvalue weighted by molar-refractivity contribution is 6.02. The highest BCUT2D eigenvalue weighted by atomic mass is 16.1. The molecule has 0 spiro atoms. The molecule has 0 saturated carbocycles. The number of Topliss-reactive ketones (excluding diaryl/α,β-unsaturated/α-hetero) is 1. The summed E-state index contributed by atoms with van der Waals surface area (Å²) < 4.78 is 0. The molecule has 2 aromatic rings. The standard InChI is InChI=1S/C18H19NO/c1-13(2)19-16(14-9-5-3-6-10-14)17(19)18(20)15-11-7-4-8-12-15/h3-13,16-17H,1-2H3. The Morgan fingerprint density at radius 1 is 0.950 bits per heavy atom. The molecule has 1 fully saturated rings. The van der Waals surface area contributed by atoms with E-state index in [0.29, 0.717) is 6.04 Å². The average molecular weight is 265 g/mol. The summed E-state index contributed by atoms with van der Waals surface area (Å²) >= 11 is 0. The van der Waals surface area contributed by atoms with Gasteiger partial charge in [-0.3, -0.25) is 9.69 Å². The van der Waals surface area contributed by atoms with Crippen molar-refractivity contribution in [1.29, 1.82) is 0 Å². The van der Waals surface area contributed by atoms with Gasteiger partial charge in [-0.05, 0) is 19.4 Å². The molecular formula is C18H19NO. The molecule has 0 radical (unpaired) electrons. The smallest absolute Gasteiger partial charge is 0.181 e. The Morgan fingerprint density at radius 3 is 2.05 bits per heavy atom. The summed E-state index contributed by atoms with van der Waals surface area (Å²) in [5.74, 6) is 0.230. The van der Waals surface area contributed by atoms with Gasteiger partial charge in [0.05, 0.1) is 12.1 Å². The number of carbonyl (C=O) groups is 1. The SMILES string of the molecule is CC(C)N1C(C(=O)c2ccccc2)C1c1ccccc1. The first-order chi connectivity index (χ1) is 9.70. The molecule has 3 rings (SSSR count). The topological polar surface area (TPSA) is 20.1 Å². The number of rotatable bonds is 4. The molecule has 1 aliphatic rings. The van der Waals surface area contributed by atoms with Crippen LogP contribution in [-0.4, -0.2) is 22.8 Å². The summed E-state index contributed by atoms with van der Waals surface area (Å²) in [5, 5.41) is 0. The van der Waals surface area contributed by atoms with Gasteiger partial charge in [0.25, 0.3) is 0 Å². The first-order valence-electron chi connectivity index (χ1n) is 7.12. The van der Waals surface area contributed by atoms with E-state index in [2.05, 4.69) is 30.9 Å². The normalized spacial score (nSPS) is 24.6. The van der Waals surface area contributed by atoms with E-state index >= 15 is 0 Å². The lowest BCUT2D eigenvalue weighted by atomic mass is 10.0. The third-order valence-electron chi connectivity index (χ3n) is 3.92. The van der Waals surface area contributed by atoms with E-state index in [1.165, 1.54) is 5.56 Å². The van der Waals surface area contributed by atoms with Crippen LogP contribution in [0.1, 0.15) is 35.8 Å². The summed E-state index contributed by atoms with van der Waals surface area (Å²) in [4.78, 5) is 14.9. The minimum absolute atomic E-state index is 0.0141. The van der Waals surface area contributed by atoms with Crippen molar-refractivity contribution in [3.05, 3.63) is 71.8 Å². The van der Waals surface area contributed by atoms with E-state index in [1.807, 2.05) is 48.5 Å². The molecule has 0 aromatic heterocycles. The van der Waals surface area contributed by atoms with E-state index in [0.717, 1.165) is 5.56 Å². The molecule has 2 aromatic carbocycles. The lowest BCUT2D eigenvalue weighted by Crippen LogP contribution is -2.18. The van der Waals surface area contributed by atoms with Gasteiger partial charge in [0.1, 0.15) is 0 Å². The predicted molar refractivity (Wildman–Crippen MR) is 80.7 cm³/mol. The van der Waals surface area contributed by atoms with Crippen LogP contribution in [0.25, 0.3) is 0 Å². The molecule has 2 heteroatoms. The predicted octanol–water partition coefficient (Wildman–Crippen LogP) is 3.70. The van der Waals surface area contributed by atoms with E-state index < -0.39 is 0 Å². The van der Waals surface area contributed by atoms with Gasteiger partial charge in [-0.1, -0.05) is 60.7 Å². The molecule has 0 bridgehead atoms. The Labute approximate surface area is 120 Å². The van der Waals surface area contributed by atoms with Crippen molar-refractivity contribution in [2.75, 3.05) is 0 Å². The third kappa shape index (κ3) is 2.27. The summed E-state index contributed by atoms with van der Waals surface area (Å²) in [5.41, 5.74) is 2.04. The molecule has 0 aliphatic carbocycles. The monoisotopic (exact) mass is 265 g/mol. The number of benzene rings is 2. The second-order valence-electron chi connectivity index (χ2n) is 5.57. The maximum atomic E-state index is 12.7. The highest BCUT2D eigenvalue weighted by Crippen LogP contribution is 2.46. The number of ketones is 1. The Bertz CT molecular complexity index is 591. The second kappa shape index (κ2) is 5.22. The lowest BCUT2D eigenvalue weighted by Gasteiger charge is -2.07. The largest absolute Gasteiger partial charge is 0.292 e. The number of hydrogen-bond donors (Lipinski definition) is 0. The minimum Gasteiger partial charge on any atom is -0.292 e. The molecule has 0 amide bonds. The van der Waals surface area contributed by atoms with Crippen LogP contribution in [0.2, 0.25) is 0 Å². The van der Waals surface area contributed by atoms with Crippen LogP contribution in [0.5, 0.6) is 0 Å². The van der Waals surface area contributed by atoms with Crippen molar-refractivity contribution in [1.82, 2.24) is 4.90 Å². The molecule has 1 aliphatic heterocycles. The molecule has 0 N–H and O–H groups in total. The van der Waals surface area contributed by atoms with Crippen molar-refractivity contribution in [3.63, 3.8) is 0 Å². The molecule has 3 unspecified atom stereocenters. The van der Waals surface area contributed by atoms with Gasteiger partial charge in [0, 0.05) is 11.6 Å². The Hall–Kier alpha value is -1.93. The third-order valence-corrected chi connectivity index (χ3v) is 3.92. The van der Waals surface area contributed by atoms with Crippen LogP contribution in [0.3, 0.4) is 0 Å². The van der Waals surface area contributed by atoms with Crippen molar-refractivity contribution in [2.24, 2.45) is 0 Å². The van der Waals surface area contributed by atoms with Crippen LogP contribution in [-0.2, 0) is 0 Å². The maximum Gasteiger partial charge on any atom is 0.181 e. The summed E-state index contributed by atoms with van der Waals surface area (Å²) in [6, 6.07) is 20.5. The molecule has 1 saturated heterocycles. The van der Waals surface area contributed by atoms with Gasteiger partial charge >= 0.3 is 0 Å². The van der Waals surface area contributed by atoms with Gasteiger partial charge < -0.3 is 0 Å². The average Bonchev–Trinajstić information content (AvgIpc) is 3.24. The van der Waals surface area contributed by atoms with Gasteiger partial charge in [-0.25, -0.2) is 0 Å². The maximum absolute atomic E-state index is 12.7. The minimum atomic E-state index is -0.0141. The van der Waals surface area contributed by atoms with Crippen LogP contribution < -0.4 is 0 Å². The zero-order valence-electron chi connectivity index (χ0n) is 11.9. The fraction of sp³-hybridized carbons (Fsp3) is 0.278. The molecular weight excluding hydrogens is 246 g/mol. The number of hydrogen-bond acceptors (Lipinski definition) is 2. The molecule has 1 heterocycles. The van der Waals surface area contributed by atoms with E-state index in [9.17, 15) is 4.79 Å². The fourth-order valence-electron chi connectivity index (χ4n) is 2.95. The molecule has 2 nitrogen and oxygen atoms in total. The summed E-state index contributed by atoms with van der Waals surface area (Å²) in [7, 11) is 0. The van der Waals surface area contributed by atoms with Crippen LogP contribution >= 0.6 is 0 Å². The zero-order valence-corrected chi connectivity index (χ0v) is 11.9. The Morgan fingerprint density at radius 2 is 1.50 bits per heavy atom. The summed E-state index contributed by atoms with van der Waals surface area (Å²) in [6.45, 7) is 4.29. The second-order valence-corrected chi connectivity index (χ2v) is 5.57. The molecule has 102 valence electrons. The van der Waals surface area contributed by atoms with Crippen LogP contribution in [0, 0.1) is 0 Å². The Balaban J connectivity index is 1.88. The first-order valence-corrected chi connectivity index (χ1v) is 7.12. The van der Waals surface area contributed by atoms with Crippen molar-refractivity contribution >= 4 is 5.78 Å². The first kappa shape index (κ1) is 13.1. The quantitative estimate of drug-likeness (QED) is 0.620. The van der Waals surface area contributed by atoms with E-state index in [4.69, 9.17) is 0 Å². The number of nitrogens with zero attached hydrogens (tertiary/aromatic N) is 1. The highest BCUT2D eigenvalue weighted by Gasteiger charge is 2.54. The van der Waals surface area contributed by atoms with Gasteiger partial charge in [-0.2, -0.15) is 0 Å². The van der Waals surface area contributed by atoms with Gasteiger partial charge in [0.2, 0.25) is 0 Å². The molecule has 20 heavy (non-hydrogen) atoms. The Kier molecular flexibility index (Phi) is 3.41. The van der Waals surface area contributed by atoms with Crippen molar-refractivity contribution < 1.29 is 4.79 Å². The molecule has 3 atom stereocenters. The van der Waals surface area contributed by atoms with E-state index in [1.54, 1.807) is 0 Å². The van der Waals surface area contributed by atoms with Gasteiger partial charge in [0.15, 0.2) is 5.78 Å². The van der Waals surface area contributed by atoms with Gasteiger partial charge in [-0.15, -0.1) is 0 Å². The van der Waals surface area contributed by atoms with Crippen LogP contribution in [0.15, 0.2) is 60.7 Å². The lowest BCUT2D eigenvalue weighted by molar-refractivity contribution is 0.0969. The van der Waals surface area contributed by atoms with E-state index in [-0.39, 0.29) is 17.9 Å². The van der Waals surface area contributed by atoms with Crippen molar-refractivity contribution in [2.45, 2.75) is 32.0 Å².